The highest BCUT2D eigenvalue weighted by atomic mass is 19.4. The van der Waals surface area contributed by atoms with Crippen molar-refractivity contribution in [3.8, 4) is 17.2 Å². The topological polar surface area (TPSA) is 93.1 Å². The van der Waals surface area contributed by atoms with Crippen molar-refractivity contribution in [3.05, 3.63) is 53.6 Å². The zero-order chi connectivity index (χ0) is 33.3. The van der Waals surface area contributed by atoms with Crippen LogP contribution in [0.25, 0.3) is 0 Å². The molecule has 6 nitrogen and oxygen atoms in total. The largest absolute Gasteiger partial charge is 0.508 e. The van der Waals surface area contributed by atoms with Gasteiger partial charge in [-0.15, -0.1) is 0 Å². The average molecular weight is 643 g/mol. The van der Waals surface area contributed by atoms with Crippen LogP contribution in [0.15, 0.2) is 42.5 Å². The van der Waals surface area contributed by atoms with Gasteiger partial charge in [0.05, 0.1) is 13.2 Å². The van der Waals surface area contributed by atoms with Gasteiger partial charge >= 0.3 is 18.1 Å². The van der Waals surface area contributed by atoms with Gasteiger partial charge in [0.25, 0.3) is 0 Å². The van der Waals surface area contributed by atoms with E-state index in [0.717, 1.165) is 49.7 Å². The van der Waals surface area contributed by atoms with Crippen LogP contribution in [0.4, 0.5) is 22.0 Å². The van der Waals surface area contributed by atoms with Crippen molar-refractivity contribution < 1.29 is 51.2 Å². The minimum atomic E-state index is -5.75. The summed E-state index contributed by atoms with van der Waals surface area (Å²) in [4.78, 5) is 24.6. The van der Waals surface area contributed by atoms with Gasteiger partial charge in [0.2, 0.25) is 0 Å². The third kappa shape index (κ3) is 9.56. The number of benzene rings is 2. The van der Waals surface area contributed by atoms with E-state index in [2.05, 4.69) is 6.92 Å². The molecule has 250 valence electrons. The Kier molecular flexibility index (Phi) is 12.6. The number of hydrogen-bond donors (Lipinski definition) is 2. The van der Waals surface area contributed by atoms with Crippen LogP contribution in [0.2, 0.25) is 0 Å². The lowest BCUT2D eigenvalue weighted by Crippen LogP contribution is -2.40. The molecule has 1 heterocycles. The van der Waals surface area contributed by atoms with Crippen molar-refractivity contribution >= 4 is 11.8 Å². The van der Waals surface area contributed by atoms with Crippen molar-refractivity contribution in [2.45, 2.75) is 108 Å². The number of halogens is 5. The van der Waals surface area contributed by atoms with E-state index in [1.54, 1.807) is 24.3 Å². The van der Waals surface area contributed by atoms with Crippen molar-refractivity contribution in [1.82, 2.24) is 0 Å². The smallest absolute Gasteiger partial charge is 0.453 e. The number of hydrogen-bond acceptors (Lipinski definition) is 6. The first-order chi connectivity index (χ1) is 21.2. The third-order valence-corrected chi connectivity index (χ3v) is 8.74. The highest BCUT2D eigenvalue weighted by Gasteiger charge is 2.57. The molecule has 1 unspecified atom stereocenters. The molecule has 2 aromatic carbocycles. The van der Waals surface area contributed by atoms with Crippen molar-refractivity contribution in [2.24, 2.45) is 5.92 Å². The predicted molar refractivity (Wildman–Crippen MR) is 159 cm³/mol. The molecule has 0 radical (unpaired) electrons. The zero-order valence-electron chi connectivity index (χ0n) is 25.8. The van der Waals surface area contributed by atoms with Gasteiger partial charge < -0.3 is 19.7 Å². The van der Waals surface area contributed by atoms with Crippen molar-refractivity contribution in [3.63, 3.8) is 0 Å². The maximum atomic E-state index is 13.3. The summed E-state index contributed by atoms with van der Waals surface area (Å²) in [7, 11) is 0. The number of ketones is 1. The number of esters is 1. The lowest BCUT2D eigenvalue weighted by molar-refractivity contribution is -0.284. The molecule has 0 amide bonds. The molecule has 11 heteroatoms. The van der Waals surface area contributed by atoms with Gasteiger partial charge in [-0.2, -0.15) is 22.0 Å². The fraction of sp³-hybridized carbons (Fsp3) is 0.588. The number of ether oxygens (including phenoxy) is 2. The molecule has 45 heavy (non-hydrogen) atoms. The standard InChI is InChI=1S/C34H43F5O6/c1-3-44-31(43)27(29(42)19-20-33(35,36)34(37,38)39)11-9-7-5-4-6-8-10-12-28-26-18-17-25(41)21-30(26)45-22-32(28,2)23-13-15-24(40)16-14-23/h13-18,21,27-28,40-41H,3-12,19-20,22H2,1-2H3/t27?,28-,32-/m1/s1. The molecule has 2 N–H and O–H groups in total. The molecule has 0 aromatic heterocycles. The molecular weight excluding hydrogens is 599 g/mol. The highest BCUT2D eigenvalue weighted by Crippen LogP contribution is 2.50. The minimum absolute atomic E-state index is 0.0304. The number of carbonyl (C=O) groups is 2. The summed E-state index contributed by atoms with van der Waals surface area (Å²) < 4.78 is 74.9. The maximum absolute atomic E-state index is 13.3. The lowest BCUT2D eigenvalue weighted by Gasteiger charge is -2.43. The molecule has 3 rings (SSSR count). The number of unbranched alkanes of at least 4 members (excludes halogenated alkanes) is 6. The molecule has 3 atom stereocenters. The second-order valence-electron chi connectivity index (χ2n) is 12.1. The normalized spacial score (nSPS) is 19.0. The maximum Gasteiger partial charge on any atom is 0.453 e. The summed E-state index contributed by atoms with van der Waals surface area (Å²) in [6.45, 7) is 4.07. The van der Waals surface area contributed by atoms with Crippen molar-refractivity contribution in [2.75, 3.05) is 13.2 Å². The first kappa shape index (κ1) is 36.1. The average Bonchev–Trinajstić information content (AvgIpc) is 2.97. The second kappa shape index (κ2) is 15.8. The van der Waals surface area contributed by atoms with E-state index in [4.69, 9.17) is 9.47 Å². The van der Waals surface area contributed by atoms with Crippen LogP contribution in [0.1, 0.15) is 102 Å². The van der Waals surface area contributed by atoms with E-state index in [1.807, 2.05) is 18.2 Å². The minimum Gasteiger partial charge on any atom is -0.508 e. The molecule has 0 bridgehead atoms. The molecule has 0 saturated heterocycles. The lowest BCUT2D eigenvalue weighted by atomic mass is 9.66. The Balaban J connectivity index is 1.46. The molecule has 0 aliphatic carbocycles. The third-order valence-electron chi connectivity index (χ3n) is 8.74. The van der Waals surface area contributed by atoms with Gasteiger partial charge in [0.15, 0.2) is 0 Å². The van der Waals surface area contributed by atoms with E-state index in [9.17, 15) is 41.8 Å². The van der Waals surface area contributed by atoms with Gasteiger partial charge in [-0.1, -0.05) is 70.1 Å². The van der Waals surface area contributed by atoms with E-state index in [1.165, 1.54) is 6.92 Å². The van der Waals surface area contributed by atoms with Crippen LogP contribution in [-0.4, -0.2) is 47.3 Å². The Morgan fingerprint density at radius 1 is 0.933 bits per heavy atom. The number of Topliss-reactive ketones (excluding diaryl/α,β-unsaturated/α-hetero) is 1. The Morgan fingerprint density at radius 3 is 2.16 bits per heavy atom. The summed E-state index contributed by atoms with van der Waals surface area (Å²) >= 11 is 0. The molecule has 2 aromatic rings. The summed E-state index contributed by atoms with van der Waals surface area (Å²) in [5.74, 6) is -7.06. The molecule has 0 saturated carbocycles. The van der Waals surface area contributed by atoms with Gasteiger partial charge in [0, 0.05) is 30.2 Å². The van der Waals surface area contributed by atoms with E-state index < -0.39 is 42.6 Å². The van der Waals surface area contributed by atoms with Gasteiger partial charge in [-0.05, 0) is 49.1 Å². The summed E-state index contributed by atoms with van der Waals surface area (Å²) in [6.07, 6.45) is -1.86. The number of fused-ring (bicyclic) bond motifs is 1. The van der Waals surface area contributed by atoms with Gasteiger partial charge in [0.1, 0.15) is 28.9 Å². The van der Waals surface area contributed by atoms with Crippen LogP contribution in [0.5, 0.6) is 17.2 Å². The van der Waals surface area contributed by atoms with Gasteiger partial charge in [-0.25, -0.2) is 0 Å². The fourth-order valence-corrected chi connectivity index (χ4v) is 6.04. The van der Waals surface area contributed by atoms with Crippen LogP contribution in [-0.2, 0) is 19.7 Å². The molecule has 0 spiro atoms. The van der Waals surface area contributed by atoms with Crippen LogP contribution >= 0.6 is 0 Å². The van der Waals surface area contributed by atoms with E-state index >= 15 is 0 Å². The van der Waals surface area contributed by atoms with Crippen molar-refractivity contribution in [1.29, 1.82) is 0 Å². The Bertz CT molecular complexity index is 1260. The number of phenols is 2. The van der Waals surface area contributed by atoms with Crippen LogP contribution < -0.4 is 4.74 Å². The number of rotatable bonds is 17. The number of phenolic OH excluding ortho intramolecular Hbond substituents is 2. The van der Waals surface area contributed by atoms with Gasteiger partial charge in [-0.3, -0.25) is 9.59 Å². The fourth-order valence-electron chi connectivity index (χ4n) is 6.04. The highest BCUT2D eigenvalue weighted by molar-refractivity contribution is 5.99. The predicted octanol–water partition coefficient (Wildman–Crippen LogP) is 8.77. The summed E-state index contributed by atoms with van der Waals surface area (Å²) in [5.41, 5.74) is 1.74. The summed E-state index contributed by atoms with van der Waals surface area (Å²) in [6, 6.07) is 12.4. The number of aromatic hydroxyl groups is 2. The Labute approximate surface area is 260 Å². The molecule has 0 fully saturated rings. The SMILES string of the molecule is CCOC(=O)C(CCCCCCCCC[C@@H]1c2ccc(O)cc2OC[C@]1(C)c1ccc(O)cc1)C(=O)CCC(F)(F)C(F)(F)F. The monoisotopic (exact) mass is 642 g/mol. The number of alkyl halides is 5. The molecule has 1 aliphatic heterocycles. The molecular formula is C34H43F5O6. The van der Waals surface area contributed by atoms with E-state index in [-0.39, 0.29) is 35.9 Å². The Morgan fingerprint density at radius 2 is 1.53 bits per heavy atom. The Hall–Kier alpha value is -3.37. The molecule has 1 aliphatic rings. The summed E-state index contributed by atoms with van der Waals surface area (Å²) in [5, 5.41) is 19.8. The van der Waals surface area contributed by atoms with Crippen LogP contribution in [0, 0.1) is 5.92 Å². The van der Waals surface area contributed by atoms with Crippen LogP contribution in [0.3, 0.4) is 0 Å². The first-order valence-electron chi connectivity index (χ1n) is 15.6. The zero-order valence-corrected chi connectivity index (χ0v) is 25.8. The quantitative estimate of drug-likeness (QED) is 0.0776. The first-order valence-corrected chi connectivity index (χ1v) is 15.6. The second-order valence-corrected chi connectivity index (χ2v) is 12.1. The van der Waals surface area contributed by atoms with E-state index in [0.29, 0.717) is 25.2 Å². The number of carbonyl (C=O) groups excluding carboxylic acids is 2.